The fraction of sp³-hybridized carbons (Fsp3) is 0.500. The molecule has 3 rings (SSSR count). The van der Waals surface area contributed by atoms with Gasteiger partial charge in [-0.15, -0.1) is 0 Å². The molecule has 1 aliphatic rings. The number of hydrogen-bond acceptors (Lipinski definition) is 3. The Morgan fingerprint density at radius 1 is 1.35 bits per heavy atom. The molecule has 0 saturated carbocycles. The van der Waals surface area contributed by atoms with Gasteiger partial charge in [-0.3, -0.25) is 9.48 Å². The van der Waals surface area contributed by atoms with E-state index in [0.717, 1.165) is 17.8 Å². The fourth-order valence-corrected chi connectivity index (χ4v) is 3.27. The number of rotatable bonds is 3. The number of carbonyl (C=O) groups excluding carboxylic acids is 1. The summed E-state index contributed by atoms with van der Waals surface area (Å²) in [5.74, 6) is -0.490. The number of fused-ring (bicyclic) bond motifs is 1. The van der Waals surface area contributed by atoms with Gasteiger partial charge in [-0.05, 0) is 62.9 Å². The van der Waals surface area contributed by atoms with Gasteiger partial charge in [0.2, 0.25) is 0 Å². The average molecular weight is 358 g/mol. The summed E-state index contributed by atoms with van der Waals surface area (Å²) in [6, 6.07) is 5.29. The number of nitrogens with one attached hydrogen (secondary N) is 2. The average Bonchev–Trinajstić information content (AvgIpc) is 3.04. The minimum Gasteiger partial charge on any atom is -0.318 e. The van der Waals surface area contributed by atoms with E-state index in [0.29, 0.717) is 24.2 Å². The Labute approximate surface area is 154 Å². The predicted molar refractivity (Wildman–Crippen MR) is 101 cm³/mol. The van der Waals surface area contributed by atoms with Crippen LogP contribution in [0, 0.1) is 5.82 Å². The molecule has 0 bridgehead atoms. The lowest BCUT2D eigenvalue weighted by atomic mass is 9.99. The Morgan fingerprint density at radius 2 is 2.08 bits per heavy atom. The molecule has 2 heterocycles. The number of nitrogens with zero attached hydrogens (tertiary/aromatic N) is 2. The maximum absolute atomic E-state index is 14.8. The summed E-state index contributed by atoms with van der Waals surface area (Å²) in [5, 5.41) is 10.4. The summed E-state index contributed by atoms with van der Waals surface area (Å²) >= 11 is 0. The van der Waals surface area contributed by atoms with Crippen molar-refractivity contribution in [2.75, 3.05) is 11.9 Å². The molecule has 1 amide bonds. The van der Waals surface area contributed by atoms with Crippen molar-refractivity contribution in [2.45, 2.75) is 59.0 Å². The van der Waals surface area contributed by atoms with Gasteiger partial charge in [0, 0.05) is 12.2 Å². The van der Waals surface area contributed by atoms with E-state index >= 15 is 0 Å². The van der Waals surface area contributed by atoms with Gasteiger partial charge in [0.05, 0.1) is 11.2 Å². The number of benzene rings is 1. The van der Waals surface area contributed by atoms with E-state index in [2.05, 4.69) is 29.6 Å². The van der Waals surface area contributed by atoms with Gasteiger partial charge in [-0.25, -0.2) is 4.39 Å². The highest BCUT2D eigenvalue weighted by atomic mass is 19.1. The van der Waals surface area contributed by atoms with Crippen LogP contribution in [-0.2, 0) is 18.5 Å². The smallest absolute Gasteiger partial charge is 0.276 e. The van der Waals surface area contributed by atoms with Gasteiger partial charge < -0.3 is 10.6 Å². The first-order valence-corrected chi connectivity index (χ1v) is 9.11. The second-order valence-corrected chi connectivity index (χ2v) is 8.14. The zero-order valence-corrected chi connectivity index (χ0v) is 16.1. The van der Waals surface area contributed by atoms with Crippen molar-refractivity contribution in [3.05, 3.63) is 46.5 Å². The van der Waals surface area contributed by atoms with Crippen LogP contribution in [0.1, 0.15) is 67.8 Å². The number of carbonyl (C=O) groups is 1. The molecule has 1 aliphatic heterocycles. The van der Waals surface area contributed by atoms with Gasteiger partial charge in [0.1, 0.15) is 5.82 Å². The number of halogens is 1. The highest BCUT2D eigenvalue weighted by Crippen LogP contribution is 2.26. The largest absolute Gasteiger partial charge is 0.318 e. The van der Waals surface area contributed by atoms with Crippen LogP contribution in [-0.4, -0.2) is 22.2 Å². The third-order valence-corrected chi connectivity index (χ3v) is 4.65. The molecule has 0 fully saturated rings. The molecule has 2 N–H and O–H groups in total. The van der Waals surface area contributed by atoms with Gasteiger partial charge in [0.15, 0.2) is 5.69 Å². The van der Waals surface area contributed by atoms with E-state index in [1.807, 2.05) is 31.5 Å². The van der Waals surface area contributed by atoms with Crippen LogP contribution >= 0.6 is 0 Å². The summed E-state index contributed by atoms with van der Waals surface area (Å²) in [4.78, 5) is 12.7. The van der Waals surface area contributed by atoms with Gasteiger partial charge in [-0.1, -0.05) is 19.9 Å². The van der Waals surface area contributed by atoms with Crippen molar-refractivity contribution >= 4 is 11.6 Å². The van der Waals surface area contributed by atoms with Crippen LogP contribution in [0.3, 0.4) is 0 Å². The minimum absolute atomic E-state index is 0.215. The zero-order valence-electron chi connectivity index (χ0n) is 16.1. The second kappa shape index (κ2) is 6.83. The summed E-state index contributed by atoms with van der Waals surface area (Å²) in [6.07, 6.45) is 0.626. The number of hydrogen-bond donors (Lipinski definition) is 2. The number of anilines is 1. The summed E-state index contributed by atoms with van der Waals surface area (Å²) < 4.78 is 16.6. The van der Waals surface area contributed by atoms with Crippen molar-refractivity contribution in [3.8, 4) is 0 Å². The molecule has 6 heteroatoms. The molecule has 0 saturated heterocycles. The fourth-order valence-electron chi connectivity index (χ4n) is 3.27. The van der Waals surface area contributed by atoms with Crippen LogP contribution in [0.15, 0.2) is 18.2 Å². The summed E-state index contributed by atoms with van der Waals surface area (Å²) in [5.41, 5.74) is 2.91. The molecule has 26 heavy (non-hydrogen) atoms. The monoisotopic (exact) mass is 358 g/mol. The van der Waals surface area contributed by atoms with Crippen molar-refractivity contribution in [1.29, 1.82) is 0 Å². The maximum Gasteiger partial charge on any atom is 0.276 e. The molecular formula is C20H27FN4O. The Balaban J connectivity index is 1.89. The van der Waals surface area contributed by atoms with E-state index < -0.39 is 0 Å². The molecule has 140 valence electrons. The molecule has 0 spiro atoms. The van der Waals surface area contributed by atoms with Crippen molar-refractivity contribution in [3.63, 3.8) is 0 Å². The summed E-state index contributed by atoms with van der Waals surface area (Å²) in [6.45, 7) is 11.7. The van der Waals surface area contributed by atoms with E-state index in [-0.39, 0.29) is 28.9 Å². The van der Waals surface area contributed by atoms with Crippen LogP contribution in [0.2, 0.25) is 0 Å². The minimum atomic E-state index is -0.386. The lowest BCUT2D eigenvalue weighted by Gasteiger charge is -2.23. The Bertz CT molecular complexity index is 833. The number of amides is 1. The number of aromatic nitrogens is 2. The lowest BCUT2D eigenvalue weighted by molar-refractivity contribution is 0.102. The third-order valence-electron chi connectivity index (χ3n) is 4.65. The molecule has 5 nitrogen and oxygen atoms in total. The molecule has 0 atom stereocenters. The highest BCUT2D eigenvalue weighted by Gasteiger charge is 2.24. The van der Waals surface area contributed by atoms with Crippen LogP contribution in [0.25, 0.3) is 0 Å². The summed E-state index contributed by atoms with van der Waals surface area (Å²) in [7, 11) is 0. The standard InChI is InChI=1S/C20H27FN4O/c1-12(2)17-10-16(24-25(17)20(3,4)5)19(26)23-15-7-6-13-11-22-9-8-14(13)18(15)21/h6-7,10,12,22H,8-9,11H2,1-5H3,(H,23,26). The highest BCUT2D eigenvalue weighted by molar-refractivity contribution is 6.03. The molecule has 1 aromatic heterocycles. The predicted octanol–water partition coefficient (Wildman–Crippen LogP) is 3.80. The second-order valence-electron chi connectivity index (χ2n) is 8.14. The first-order valence-electron chi connectivity index (χ1n) is 9.11. The van der Waals surface area contributed by atoms with Crippen molar-refractivity contribution < 1.29 is 9.18 Å². The van der Waals surface area contributed by atoms with Gasteiger partial charge >= 0.3 is 0 Å². The lowest BCUT2D eigenvalue weighted by Crippen LogP contribution is -2.26. The molecule has 0 radical (unpaired) electrons. The van der Waals surface area contributed by atoms with E-state index in [1.165, 1.54) is 0 Å². The van der Waals surface area contributed by atoms with Gasteiger partial charge in [0.25, 0.3) is 5.91 Å². The van der Waals surface area contributed by atoms with Crippen molar-refractivity contribution in [1.82, 2.24) is 15.1 Å². The maximum atomic E-state index is 14.8. The van der Waals surface area contributed by atoms with Crippen LogP contribution in [0.4, 0.5) is 10.1 Å². The van der Waals surface area contributed by atoms with Crippen LogP contribution in [0.5, 0.6) is 0 Å². The topological polar surface area (TPSA) is 59.0 Å². The quantitative estimate of drug-likeness (QED) is 0.877. The van der Waals surface area contributed by atoms with Crippen molar-refractivity contribution in [2.24, 2.45) is 0 Å². The third kappa shape index (κ3) is 3.51. The first-order chi connectivity index (χ1) is 12.2. The normalized spacial score (nSPS) is 14.4. The van der Waals surface area contributed by atoms with Gasteiger partial charge in [-0.2, -0.15) is 5.10 Å². The Hall–Kier alpha value is -2.21. The van der Waals surface area contributed by atoms with Crippen LogP contribution < -0.4 is 10.6 Å². The molecule has 0 unspecified atom stereocenters. The zero-order chi connectivity index (χ0) is 19.1. The Kier molecular flexibility index (Phi) is 4.88. The molecule has 2 aromatic rings. The molecule has 0 aliphatic carbocycles. The van der Waals surface area contributed by atoms with E-state index in [9.17, 15) is 9.18 Å². The SMILES string of the molecule is CC(C)c1cc(C(=O)Nc2ccc3c(c2F)CCNC3)nn1C(C)(C)C. The molecular weight excluding hydrogens is 331 g/mol. The molecule has 1 aromatic carbocycles. The van der Waals surface area contributed by atoms with E-state index in [1.54, 1.807) is 12.1 Å². The first kappa shape index (κ1) is 18.6. The van der Waals surface area contributed by atoms with E-state index in [4.69, 9.17) is 0 Å². The Morgan fingerprint density at radius 3 is 2.69 bits per heavy atom.